The van der Waals surface area contributed by atoms with Gasteiger partial charge in [-0.15, -0.1) is 0 Å². The fourth-order valence-electron chi connectivity index (χ4n) is 1.62. The number of hydrogen-bond donors (Lipinski definition) is 1. The zero-order valence-corrected chi connectivity index (χ0v) is 11.1. The minimum absolute atomic E-state index is 0.405. The molecule has 1 amide bonds. The molecule has 0 atom stereocenters. The molecule has 0 aliphatic heterocycles. The molecule has 2 aromatic rings. The fourth-order valence-corrected chi connectivity index (χ4v) is 1.62. The van der Waals surface area contributed by atoms with Gasteiger partial charge in [0.25, 0.3) is 5.91 Å². The summed E-state index contributed by atoms with van der Waals surface area (Å²) in [4.78, 5) is 11.7. The van der Waals surface area contributed by atoms with Crippen molar-refractivity contribution in [1.29, 1.82) is 0 Å². The molecule has 0 fully saturated rings. The average Bonchev–Trinajstić information content (AvgIpc) is 2.49. The third kappa shape index (κ3) is 3.85. The van der Waals surface area contributed by atoms with Gasteiger partial charge in [-0.3, -0.25) is 4.79 Å². The number of ether oxygens (including phenoxy) is 1. The molecule has 21 heavy (non-hydrogen) atoms. The van der Waals surface area contributed by atoms with Gasteiger partial charge >= 0.3 is 0 Å². The Bertz CT molecular complexity index is 687. The van der Waals surface area contributed by atoms with Crippen molar-refractivity contribution in [1.82, 2.24) is 5.43 Å². The van der Waals surface area contributed by atoms with Crippen molar-refractivity contribution in [3.63, 3.8) is 0 Å². The highest BCUT2D eigenvalue weighted by atomic mass is 19.1. The van der Waals surface area contributed by atoms with E-state index in [1.165, 1.54) is 13.3 Å². The third-order valence-electron chi connectivity index (χ3n) is 2.65. The second-order valence-electron chi connectivity index (χ2n) is 4.10. The molecule has 0 aromatic heterocycles. The lowest BCUT2D eigenvalue weighted by Gasteiger charge is -2.02. The van der Waals surface area contributed by atoms with Gasteiger partial charge in [-0.1, -0.05) is 12.1 Å². The van der Waals surface area contributed by atoms with Crippen LogP contribution in [-0.4, -0.2) is 19.2 Å². The standard InChI is InChI=1S/C15H12F2N2O2/c1-21-12-4-2-3-10(7-12)9-18-19-15(20)13-8-11(16)5-6-14(13)17/h2-9H,1H3,(H,19,20)/b18-9-. The van der Waals surface area contributed by atoms with Crippen LogP contribution in [0.15, 0.2) is 47.6 Å². The average molecular weight is 290 g/mol. The first kappa shape index (κ1) is 14.6. The zero-order valence-electron chi connectivity index (χ0n) is 11.1. The molecule has 2 aromatic carbocycles. The quantitative estimate of drug-likeness (QED) is 0.695. The molecular formula is C15H12F2N2O2. The highest BCUT2D eigenvalue weighted by molar-refractivity contribution is 5.95. The van der Waals surface area contributed by atoms with Crippen LogP contribution < -0.4 is 10.2 Å². The van der Waals surface area contributed by atoms with E-state index >= 15 is 0 Å². The number of carbonyl (C=O) groups is 1. The fraction of sp³-hybridized carbons (Fsp3) is 0.0667. The van der Waals surface area contributed by atoms with Gasteiger partial charge in [0.05, 0.1) is 18.9 Å². The van der Waals surface area contributed by atoms with Crippen LogP contribution in [-0.2, 0) is 0 Å². The number of halogens is 2. The third-order valence-corrected chi connectivity index (χ3v) is 2.65. The highest BCUT2D eigenvalue weighted by Crippen LogP contribution is 2.11. The monoisotopic (exact) mass is 290 g/mol. The largest absolute Gasteiger partial charge is 0.497 e. The number of amides is 1. The van der Waals surface area contributed by atoms with Crippen molar-refractivity contribution in [2.45, 2.75) is 0 Å². The summed E-state index contributed by atoms with van der Waals surface area (Å²) in [7, 11) is 1.53. The lowest BCUT2D eigenvalue weighted by atomic mass is 10.2. The van der Waals surface area contributed by atoms with E-state index in [1.54, 1.807) is 24.3 Å². The first-order chi connectivity index (χ1) is 10.1. The molecule has 0 aliphatic carbocycles. The molecule has 0 unspecified atom stereocenters. The molecule has 4 nitrogen and oxygen atoms in total. The highest BCUT2D eigenvalue weighted by Gasteiger charge is 2.11. The SMILES string of the molecule is COc1cccc(/C=N\NC(=O)c2cc(F)ccc2F)c1. The van der Waals surface area contributed by atoms with E-state index in [0.29, 0.717) is 11.3 Å². The van der Waals surface area contributed by atoms with Crippen LogP contribution in [0.5, 0.6) is 5.75 Å². The van der Waals surface area contributed by atoms with Gasteiger partial charge in [0, 0.05) is 0 Å². The van der Waals surface area contributed by atoms with Crippen molar-refractivity contribution in [3.05, 3.63) is 65.2 Å². The first-order valence-electron chi connectivity index (χ1n) is 6.02. The summed E-state index contributed by atoms with van der Waals surface area (Å²) in [6, 6.07) is 9.61. The number of nitrogens with one attached hydrogen (secondary N) is 1. The zero-order chi connectivity index (χ0) is 15.2. The number of methoxy groups -OCH3 is 1. The van der Waals surface area contributed by atoms with Crippen LogP contribution in [0, 0.1) is 11.6 Å². The summed E-state index contributed by atoms with van der Waals surface area (Å²) < 4.78 is 31.4. The molecule has 0 radical (unpaired) electrons. The van der Waals surface area contributed by atoms with E-state index in [2.05, 4.69) is 10.5 Å². The molecule has 1 N–H and O–H groups in total. The van der Waals surface area contributed by atoms with E-state index < -0.39 is 23.1 Å². The van der Waals surface area contributed by atoms with Gasteiger partial charge in [0.15, 0.2) is 0 Å². The molecule has 6 heteroatoms. The van der Waals surface area contributed by atoms with Crippen molar-refractivity contribution >= 4 is 12.1 Å². The maximum absolute atomic E-state index is 13.4. The molecule has 0 saturated carbocycles. The van der Waals surface area contributed by atoms with Crippen LogP contribution in [0.25, 0.3) is 0 Å². The molecular weight excluding hydrogens is 278 g/mol. The Balaban J connectivity index is 2.06. The molecule has 0 saturated heterocycles. The Labute approximate surface area is 120 Å². The Morgan fingerprint density at radius 3 is 2.81 bits per heavy atom. The van der Waals surface area contributed by atoms with E-state index in [4.69, 9.17) is 4.74 Å². The topological polar surface area (TPSA) is 50.7 Å². The Hall–Kier alpha value is -2.76. The number of nitrogens with zero attached hydrogens (tertiary/aromatic N) is 1. The summed E-state index contributed by atoms with van der Waals surface area (Å²) in [5.41, 5.74) is 2.42. The van der Waals surface area contributed by atoms with Gasteiger partial charge in [-0.25, -0.2) is 14.2 Å². The van der Waals surface area contributed by atoms with Crippen LogP contribution in [0.1, 0.15) is 15.9 Å². The van der Waals surface area contributed by atoms with E-state index in [1.807, 2.05) is 0 Å². The van der Waals surface area contributed by atoms with E-state index in [9.17, 15) is 13.6 Å². The van der Waals surface area contributed by atoms with Crippen LogP contribution >= 0.6 is 0 Å². The lowest BCUT2D eigenvalue weighted by Crippen LogP contribution is -2.19. The van der Waals surface area contributed by atoms with Gasteiger partial charge in [-0.2, -0.15) is 5.10 Å². The van der Waals surface area contributed by atoms with Crippen molar-refractivity contribution in [3.8, 4) is 5.75 Å². The van der Waals surface area contributed by atoms with Gasteiger partial charge in [-0.05, 0) is 35.9 Å². The Morgan fingerprint density at radius 1 is 1.24 bits per heavy atom. The molecule has 0 heterocycles. The molecule has 0 spiro atoms. The molecule has 0 bridgehead atoms. The first-order valence-corrected chi connectivity index (χ1v) is 6.02. The van der Waals surface area contributed by atoms with Crippen molar-refractivity contribution < 1.29 is 18.3 Å². The van der Waals surface area contributed by atoms with Gasteiger partial charge in [0.1, 0.15) is 17.4 Å². The van der Waals surface area contributed by atoms with Crippen LogP contribution in [0.2, 0.25) is 0 Å². The van der Waals surface area contributed by atoms with Crippen molar-refractivity contribution in [2.24, 2.45) is 5.10 Å². The number of rotatable bonds is 4. The van der Waals surface area contributed by atoms with Crippen LogP contribution in [0.4, 0.5) is 8.78 Å². The maximum atomic E-state index is 13.4. The Morgan fingerprint density at radius 2 is 2.05 bits per heavy atom. The maximum Gasteiger partial charge on any atom is 0.274 e. The molecule has 2 rings (SSSR count). The second-order valence-corrected chi connectivity index (χ2v) is 4.10. The van der Waals surface area contributed by atoms with E-state index in [-0.39, 0.29) is 0 Å². The van der Waals surface area contributed by atoms with Gasteiger partial charge in [0.2, 0.25) is 0 Å². The summed E-state index contributed by atoms with van der Waals surface area (Å²) in [6.07, 6.45) is 1.37. The predicted molar refractivity (Wildman–Crippen MR) is 74.4 cm³/mol. The summed E-state index contributed by atoms with van der Waals surface area (Å²) in [5, 5.41) is 3.69. The molecule has 108 valence electrons. The second kappa shape index (κ2) is 6.60. The minimum atomic E-state index is -0.828. The minimum Gasteiger partial charge on any atom is -0.497 e. The predicted octanol–water partition coefficient (Wildman–Crippen LogP) is 2.74. The summed E-state index contributed by atoms with van der Waals surface area (Å²) >= 11 is 0. The smallest absolute Gasteiger partial charge is 0.274 e. The summed E-state index contributed by atoms with van der Waals surface area (Å²) in [6.45, 7) is 0. The normalized spacial score (nSPS) is 10.6. The number of benzene rings is 2. The van der Waals surface area contributed by atoms with Gasteiger partial charge < -0.3 is 4.74 Å². The summed E-state index contributed by atoms with van der Waals surface area (Å²) in [5.74, 6) is -1.70. The lowest BCUT2D eigenvalue weighted by molar-refractivity contribution is 0.0950. The van der Waals surface area contributed by atoms with Crippen LogP contribution in [0.3, 0.4) is 0 Å². The number of hydrazone groups is 1. The van der Waals surface area contributed by atoms with E-state index in [0.717, 1.165) is 18.2 Å². The number of carbonyl (C=O) groups excluding carboxylic acids is 1. The molecule has 0 aliphatic rings. The number of hydrogen-bond acceptors (Lipinski definition) is 3. The Kier molecular flexibility index (Phi) is 4.61. The van der Waals surface area contributed by atoms with Crippen molar-refractivity contribution in [2.75, 3.05) is 7.11 Å².